The first-order valence-electron chi connectivity index (χ1n) is 6.28. The molecule has 0 spiro atoms. The Hall–Kier alpha value is -1.88. The number of rotatable bonds is 8. The van der Waals surface area contributed by atoms with Crippen molar-refractivity contribution in [3.8, 4) is 0 Å². The maximum absolute atomic E-state index is 12.1. The molecule has 19 heavy (non-hydrogen) atoms. The van der Waals surface area contributed by atoms with E-state index in [-0.39, 0.29) is 31.9 Å². The lowest BCUT2D eigenvalue weighted by molar-refractivity contribution is -0.138. The molecule has 0 saturated carbocycles. The van der Waals surface area contributed by atoms with E-state index in [4.69, 9.17) is 10.2 Å². The van der Waals surface area contributed by atoms with Gasteiger partial charge < -0.3 is 15.1 Å². The highest BCUT2D eigenvalue weighted by Gasteiger charge is 2.14. The summed E-state index contributed by atoms with van der Waals surface area (Å²) in [4.78, 5) is 24.2. The van der Waals surface area contributed by atoms with Crippen LogP contribution in [0.25, 0.3) is 0 Å². The molecule has 104 valence electrons. The highest BCUT2D eigenvalue weighted by molar-refractivity contribution is 5.79. The van der Waals surface area contributed by atoms with E-state index < -0.39 is 5.97 Å². The smallest absolute Gasteiger partial charge is 0.305 e. The predicted molar refractivity (Wildman–Crippen MR) is 70.7 cm³/mol. The number of aliphatic carboxylic acids is 1. The van der Waals surface area contributed by atoms with Gasteiger partial charge in [0, 0.05) is 19.7 Å². The van der Waals surface area contributed by atoms with Crippen LogP contribution in [0.3, 0.4) is 0 Å². The molecule has 0 fully saturated rings. The second kappa shape index (κ2) is 8.26. The molecule has 0 aliphatic heterocycles. The molecule has 0 saturated heterocycles. The normalized spacial score (nSPS) is 10.2. The van der Waals surface area contributed by atoms with Gasteiger partial charge in [-0.3, -0.25) is 9.59 Å². The second-order valence-corrected chi connectivity index (χ2v) is 4.26. The van der Waals surface area contributed by atoms with Gasteiger partial charge in [-0.15, -0.1) is 0 Å². The molecule has 0 aliphatic rings. The summed E-state index contributed by atoms with van der Waals surface area (Å²) in [6.45, 7) is 0.554. The molecular weight excluding hydrogens is 246 g/mol. The van der Waals surface area contributed by atoms with Crippen LogP contribution in [0.2, 0.25) is 0 Å². The Morgan fingerprint density at radius 3 is 2.37 bits per heavy atom. The Kier molecular flexibility index (Phi) is 6.60. The van der Waals surface area contributed by atoms with E-state index in [0.29, 0.717) is 13.0 Å². The van der Waals surface area contributed by atoms with Crippen LogP contribution in [0, 0.1) is 0 Å². The summed E-state index contributed by atoms with van der Waals surface area (Å²) in [5, 5.41) is 17.5. The Balaban J connectivity index is 2.57. The van der Waals surface area contributed by atoms with Crippen molar-refractivity contribution < 1.29 is 19.8 Å². The topological polar surface area (TPSA) is 77.8 Å². The number of carbonyl (C=O) groups is 2. The van der Waals surface area contributed by atoms with Crippen molar-refractivity contribution in [2.45, 2.75) is 19.3 Å². The van der Waals surface area contributed by atoms with Gasteiger partial charge in [0.1, 0.15) is 0 Å². The Bertz CT molecular complexity index is 405. The molecule has 1 aromatic carbocycles. The largest absolute Gasteiger partial charge is 0.481 e. The maximum Gasteiger partial charge on any atom is 0.305 e. The number of nitrogens with zero attached hydrogens (tertiary/aromatic N) is 1. The molecule has 0 heterocycles. The van der Waals surface area contributed by atoms with Crippen LogP contribution in [0.15, 0.2) is 30.3 Å². The van der Waals surface area contributed by atoms with E-state index in [1.165, 1.54) is 4.90 Å². The van der Waals surface area contributed by atoms with Crippen molar-refractivity contribution in [2.24, 2.45) is 0 Å². The fourth-order valence-electron chi connectivity index (χ4n) is 1.74. The molecule has 1 aromatic rings. The summed E-state index contributed by atoms with van der Waals surface area (Å²) in [6, 6.07) is 9.32. The van der Waals surface area contributed by atoms with E-state index in [9.17, 15) is 9.59 Å². The summed E-state index contributed by atoms with van der Waals surface area (Å²) in [5.41, 5.74) is 0.900. The van der Waals surface area contributed by atoms with Crippen LogP contribution in [0.4, 0.5) is 0 Å². The van der Waals surface area contributed by atoms with Crippen LogP contribution < -0.4 is 0 Å². The summed E-state index contributed by atoms with van der Waals surface area (Å²) < 4.78 is 0. The third kappa shape index (κ3) is 6.01. The average molecular weight is 265 g/mol. The minimum Gasteiger partial charge on any atom is -0.481 e. The third-order valence-corrected chi connectivity index (χ3v) is 2.73. The van der Waals surface area contributed by atoms with Crippen molar-refractivity contribution in [2.75, 3.05) is 19.7 Å². The van der Waals surface area contributed by atoms with Gasteiger partial charge in [0.15, 0.2) is 0 Å². The van der Waals surface area contributed by atoms with Gasteiger partial charge in [0.25, 0.3) is 0 Å². The monoisotopic (exact) mass is 265 g/mol. The highest BCUT2D eigenvalue weighted by Crippen LogP contribution is 2.04. The van der Waals surface area contributed by atoms with Gasteiger partial charge in [-0.25, -0.2) is 0 Å². The number of hydrogen-bond donors (Lipinski definition) is 2. The fraction of sp³-hybridized carbons (Fsp3) is 0.429. The fourth-order valence-corrected chi connectivity index (χ4v) is 1.74. The molecule has 0 bridgehead atoms. The molecule has 0 atom stereocenters. The summed E-state index contributed by atoms with van der Waals surface area (Å²) in [5.74, 6) is -1.04. The SMILES string of the molecule is O=C(O)CCN(CCCO)C(=O)Cc1ccccc1. The van der Waals surface area contributed by atoms with Gasteiger partial charge in [0.05, 0.1) is 12.8 Å². The van der Waals surface area contributed by atoms with Crippen LogP contribution in [-0.2, 0) is 16.0 Å². The van der Waals surface area contributed by atoms with Crippen LogP contribution in [0.5, 0.6) is 0 Å². The molecular formula is C14H19NO4. The first-order valence-corrected chi connectivity index (χ1v) is 6.28. The van der Waals surface area contributed by atoms with E-state index in [1.54, 1.807) is 0 Å². The van der Waals surface area contributed by atoms with Gasteiger partial charge in [-0.05, 0) is 12.0 Å². The number of benzene rings is 1. The number of hydrogen-bond acceptors (Lipinski definition) is 3. The first kappa shape index (κ1) is 15.2. The standard InChI is InChI=1S/C14H19NO4/c16-10-4-8-15(9-7-14(18)19)13(17)11-12-5-2-1-3-6-12/h1-3,5-6,16H,4,7-11H2,(H,18,19). The van der Waals surface area contributed by atoms with E-state index in [2.05, 4.69) is 0 Å². The number of carboxylic acids is 1. The van der Waals surface area contributed by atoms with E-state index in [1.807, 2.05) is 30.3 Å². The van der Waals surface area contributed by atoms with Crippen molar-refractivity contribution >= 4 is 11.9 Å². The lowest BCUT2D eigenvalue weighted by atomic mass is 10.1. The van der Waals surface area contributed by atoms with Gasteiger partial charge in [-0.1, -0.05) is 30.3 Å². The van der Waals surface area contributed by atoms with Crippen molar-refractivity contribution in [3.05, 3.63) is 35.9 Å². The van der Waals surface area contributed by atoms with Crippen LogP contribution >= 0.6 is 0 Å². The minimum atomic E-state index is -0.929. The zero-order valence-corrected chi connectivity index (χ0v) is 10.8. The summed E-state index contributed by atoms with van der Waals surface area (Å²) in [6.07, 6.45) is 0.637. The number of aliphatic hydroxyl groups is 1. The Morgan fingerprint density at radius 2 is 1.79 bits per heavy atom. The van der Waals surface area contributed by atoms with Gasteiger partial charge >= 0.3 is 5.97 Å². The van der Waals surface area contributed by atoms with E-state index >= 15 is 0 Å². The van der Waals surface area contributed by atoms with Crippen LogP contribution in [0.1, 0.15) is 18.4 Å². The molecule has 0 radical (unpaired) electrons. The highest BCUT2D eigenvalue weighted by atomic mass is 16.4. The summed E-state index contributed by atoms with van der Waals surface area (Å²) >= 11 is 0. The lowest BCUT2D eigenvalue weighted by Gasteiger charge is -2.21. The molecule has 5 nitrogen and oxygen atoms in total. The lowest BCUT2D eigenvalue weighted by Crippen LogP contribution is -2.35. The second-order valence-electron chi connectivity index (χ2n) is 4.26. The van der Waals surface area contributed by atoms with Crippen molar-refractivity contribution in [3.63, 3.8) is 0 Å². The molecule has 0 aliphatic carbocycles. The molecule has 0 aromatic heterocycles. The molecule has 1 amide bonds. The van der Waals surface area contributed by atoms with Crippen molar-refractivity contribution in [1.82, 2.24) is 4.90 Å². The third-order valence-electron chi connectivity index (χ3n) is 2.73. The van der Waals surface area contributed by atoms with E-state index in [0.717, 1.165) is 5.56 Å². The van der Waals surface area contributed by atoms with Gasteiger partial charge in [-0.2, -0.15) is 0 Å². The quantitative estimate of drug-likeness (QED) is 0.732. The number of carboxylic acid groups (broad SMARTS) is 1. The minimum absolute atomic E-state index is 0.0117. The Morgan fingerprint density at radius 1 is 1.11 bits per heavy atom. The Labute approximate surface area is 112 Å². The zero-order chi connectivity index (χ0) is 14.1. The average Bonchev–Trinajstić information content (AvgIpc) is 2.39. The number of carbonyl (C=O) groups excluding carboxylic acids is 1. The number of aliphatic hydroxyl groups excluding tert-OH is 1. The van der Waals surface area contributed by atoms with Gasteiger partial charge in [0.2, 0.25) is 5.91 Å². The van der Waals surface area contributed by atoms with Crippen molar-refractivity contribution in [1.29, 1.82) is 0 Å². The summed E-state index contributed by atoms with van der Waals surface area (Å²) in [7, 11) is 0. The number of amides is 1. The molecule has 1 rings (SSSR count). The maximum atomic E-state index is 12.1. The first-order chi connectivity index (χ1) is 9.13. The molecule has 5 heteroatoms. The zero-order valence-electron chi connectivity index (χ0n) is 10.8. The molecule has 0 unspecified atom stereocenters. The predicted octanol–water partition coefficient (Wildman–Crippen LogP) is 0.915. The molecule has 2 N–H and O–H groups in total. The van der Waals surface area contributed by atoms with Crippen LogP contribution in [-0.4, -0.2) is 46.7 Å².